The summed E-state index contributed by atoms with van der Waals surface area (Å²) in [5.41, 5.74) is 6.18. The Labute approximate surface area is 105 Å². The van der Waals surface area contributed by atoms with E-state index in [9.17, 15) is 4.79 Å². The molecule has 2 rings (SSSR count). The number of hydrogen-bond donors (Lipinski definition) is 1. The van der Waals surface area contributed by atoms with E-state index in [0.717, 1.165) is 12.4 Å². The van der Waals surface area contributed by atoms with E-state index in [1.54, 1.807) is 0 Å². The van der Waals surface area contributed by atoms with Gasteiger partial charge in [0.05, 0.1) is 7.11 Å². The maximum atomic E-state index is 11.5. The van der Waals surface area contributed by atoms with Crippen LogP contribution in [0, 0.1) is 6.92 Å². The van der Waals surface area contributed by atoms with E-state index in [2.05, 4.69) is 16.0 Å². The van der Waals surface area contributed by atoms with Gasteiger partial charge in [0.1, 0.15) is 11.6 Å². The molecule has 0 amide bonds. The number of hydrogen-bond acceptors (Lipinski definition) is 5. The number of nitrogens with zero attached hydrogens (tertiary/aromatic N) is 2. The summed E-state index contributed by atoms with van der Waals surface area (Å²) in [6.07, 6.45) is 4.49. The predicted molar refractivity (Wildman–Crippen MR) is 68.2 cm³/mol. The summed E-state index contributed by atoms with van der Waals surface area (Å²) in [5, 5.41) is 0. The Balaban J connectivity index is 2.29. The molecule has 5 nitrogen and oxygen atoms in total. The molecule has 1 fully saturated rings. The fraction of sp³-hybridized carbons (Fsp3) is 0.636. The lowest BCUT2D eigenvalue weighted by Gasteiger charge is -2.15. The number of nitrogens with two attached hydrogens (primary N) is 1. The molecule has 94 valence electrons. The lowest BCUT2D eigenvalue weighted by Crippen LogP contribution is -2.17. The number of thioether (sulfide) groups is 1. The van der Waals surface area contributed by atoms with Crippen molar-refractivity contribution < 1.29 is 9.53 Å². The van der Waals surface area contributed by atoms with Gasteiger partial charge in [-0.05, 0) is 26.0 Å². The van der Waals surface area contributed by atoms with Crippen LogP contribution in [0.15, 0.2) is 0 Å². The summed E-state index contributed by atoms with van der Waals surface area (Å²) >= 11 is 1.85. The third-order valence-corrected chi connectivity index (χ3v) is 4.67. The molecule has 17 heavy (non-hydrogen) atoms. The van der Waals surface area contributed by atoms with Gasteiger partial charge < -0.3 is 15.0 Å². The summed E-state index contributed by atoms with van der Waals surface area (Å²) in [6.45, 7) is 2.68. The summed E-state index contributed by atoms with van der Waals surface area (Å²) in [6, 6.07) is 0. The van der Waals surface area contributed by atoms with Crippen molar-refractivity contribution in [3.8, 4) is 0 Å². The molecule has 1 heterocycles. The lowest BCUT2D eigenvalue weighted by molar-refractivity contribution is 0.0595. The molecular formula is C11H17N3O2S. The van der Waals surface area contributed by atoms with E-state index < -0.39 is 5.97 Å². The summed E-state index contributed by atoms with van der Waals surface area (Å²) < 4.78 is 6.85. The number of carbonyl (C=O) groups excluding carboxylic acids is 1. The van der Waals surface area contributed by atoms with E-state index in [0.29, 0.717) is 5.82 Å². The molecule has 0 aromatic carbocycles. The van der Waals surface area contributed by atoms with Gasteiger partial charge in [0.15, 0.2) is 5.69 Å². The molecule has 0 atom stereocenters. The second-order valence-corrected chi connectivity index (χ2v) is 5.63. The zero-order valence-corrected chi connectivity index (χ0v) is 11.1. The monoisotopic (exact) mass is 255 g/mol. The van der Waals surface area contributed by atoms with Gasteiger partial charge in [0, 0.05) is 11.3 Å². The average molecular weight is 255 g/mol. The second-order valence-electron chi connectivity index (χ2n) is 4.36. The van der Waals surface area contributed by atoms with Crippen molar-refractivity contribution in [3.63, 3.8) is 0 Å². The van der Waals surface area contributed by atoms with Crippen molar-refractivity contribution in [2.75, 3.05) is 19.1 Å². The molecule has 0 radical (unpaired) electrons. The number of nitrogen functional groups attached to an aromatic ring is 1. The normalized spacial score (nSPS) is 16.9. The standard InChI is InChI=1S/C11H17N3O2S/c1-7-13-8(10(15)16-2)9(12)14(7)6-11(17-3)4-5-11/h4-6,12H2,1-3H3. The summed E-state index contributed by atoms with van der Waals surface area (Å²) in [4.78, 5) is 15.6. The van der Waals surface area contributed by atoms with Gasteiger partial charge in [-0.3, -0.25) is 0 Å². The Morgan fingerprint density at radius 2 is 2.29 bits per heavy atom. The van der Waals surface area contributed by atoms with E-state index >= 15 is 0 Å². The van der Waals surface area contributed by atoms with Crippen molar-refractivity contribution in [2.45, 2.75) is 31.1 Å². The Morgan fingerprint density at radius 3 is 2.76 bits per heavy atom. The molecule has 1 aromatic rings. The molecule has 1 aliphatic carbocycles. The number of imidazole rings is 1. The van der Waals surface area contributed by atoms with Crippen LogP contribution in [0.3, 0.4) is 0 Å². The van der Waals surface area contributed by atoms with Crippen LogP contribution in [0.5, 0.6) is 0 Å². The molecule has 6 heteroatoms. The van der Waals surface area contributed by atoms with Crippen LogP contribution in [-0.2, 0) is 11.3 Å². The minimum absolute atomic E-state index is 0.224. The van der Waals surface area contributed by atoms with Crippen LogP contribution in [0.2, 0.25) is 0 Å². The van der Waals surface area contributed by atoms with E-state index in [1.165, 1.54) is 20.0 Å². The number of anilines is 1. The van der Waals surface area contributed by atoms with Gasteiger partial charge in [-0.1, -0.05) is 0 Å². The van der Waals surface area contributed by atoms with Gasteiger partial charge in [-0.25, -0.2) is 9.78 Å². The Bertz CT molecular complexity index is 452. The molecule has 0 aliphatic heterocycles. The van der Waals surface area contributed by atoms with Gasteiger partial charge >= 0.3 is 5.97 Å². The van der Waals surface area contributed by atoms with Crippen molar-refractivity contribution in [2.24, 2.45) is 0 Å². The third kappa shape index (κ3) is 2.13. The Hall–Kier alpha value is -1.17. The van der Waals surface area contributed by atoms with Crippen molar-refractivity contribution in [3.05, 3.63) is 11.5 Å². The van der Waals surface area contributed by atoms with Crippen LogP contribution in [-0.4, -0.2) is 33.6 Å². The van der Waals surface area contributed by atoms with Crippen molar-refractivity contribution in [1.82, 2.24) is 9.55 Å². The highest BCUT2D eigenvalue weighted by atomic mass is 32.2. The number of aromatic nitrogens is 2. The zero-order valence-electron chi connectivity index (χ0n) is 10.3. The first-order chi connectivity index (χ1) is 8.03. The smallest absolute Gasteiger partial charge is 0.360 e. The fourth-order valence-electron chi connectivity index (χ4n) is 1.88. The van der Waals surface area contributed by atoms with Gasteiger partial charge in [0.25, 0.3) is 0 Å². The maximum absolute atomic E-state index is 11.5. The van der Waals surface area contributed by atoms with Crippen LogP contribution >= 0.6 is 11.8 Å². The number of esters is 1. The van der Waals surface area contributed by atoms with E-state index in [-0.39, 0.29) is 10.4 Å². The molecule has 1 aromatic heterocycles. The minimum atomic E-state index is -0.474. The summed E-state index contributed by atoms with van der Waals surface area (Å²) in [7, 11) is 1.33. The number of rotatable bonds is 4. The van der Waals surface area contributed by atoms with Gasteiger partial charge in [-0.15, -0.1) is 0 Å². The largest absolute Gasteiger partial charge is 0.464 e. The van der Waals surface area contributed by atoms with Gasteiger partial charge in [0.2, 0.25) is 0 Å². The van der Waals surface area contributed by atoms with Crippen LogP contribution < -0.4 is 5.73 Å². The molecule has 0 spiro atoms. The molecule has 0 bridgehead atoms. The van der Waals surface area contributed by atoms with Crippen LogP contribution in [0.1, 0.15) is 29.2 Å². The number of aryl methyl sites for hydroxylation is 1. The number of ether oxygens (including phenoxy) is 1. The van der Waals surface area contributed by atoms with Crippen LogP contribution in [0.4, 0.5) is 5.82 Å². The molecule has 0 saturated heterocycles. The first kappa shape index (κ1) is 12.3. The van der Waals surface area contributed by atoms with Crippen molar-refractivity contribution in [1.29, 1.82) is 0 Å². The van der Waals surface area contributed by atoms with Crippen molar-refractivity contribution >= 4 is 23.5 Å². The highest BCUT2D eigenvalue weighted by molar-refractivity contribution is 8.00. The fourth-order valence-corrected chi connectivity index (χ4v) is 2.65. The topological polar surface area (TPSA) is 70.1 Å². The average Bonchev–Trinajstić information content (AvgIpc) is 3.06. The molecule has 1 aliphatic rings. The molecule has 2 N–H and O–H groups in total. The van der Waals surface area contributed by atoms with Gasteiger partial charge in [-0.2, -0.15) is 11.8 Å². The highest BCUT2D eigenvalue weighted by Gasteiger charge is 2.43. The predicted octanol–water partition coefficient (Wildman–Crippen LogP) is 1.46. The highest BCUT2D eigenvalue weighted by Crippen LogP contribution is 2.49. The SMILES string of the molecule is COC(=O)c1nc(C)n(CC2(SC)CC2)c1N. The van der Waals surface area contributed by atoms with E-state index in [4.69, 9.17) is 5.73 Å². The zero-order chi connectivity index (χ0) is 12.6. The molecule has 1 saturated carbocycles. The van der Waals surface area contributed by atoms with Crippen LogP contribution in [0.25, 0.3) is 0 Å². The lowest BCUT2D eigenvalue weighted by atomic mass is 10.4. The first-order valence-electron chi connectivity index (χ1n) is 5.49. The minimum Gasteiger partial charge on any atom is -0.464 e. The third-order valence-electron chi connectivity index (χ3n) is 3.26. The number of methoxy groups -OCH3 is 1. The molecular weight excluding hydrogens is 238 g/mol. The van der Waals surface area contributed by atoms with E-state index in [1.807, 2.05) is 23.3 Å². The maximum Gasteiger partial charge on any atom is 0.360 e. The second kappa shape index (κ2) is 4.25. The number of carbonyl (C=O) groups is 1. The Kier molecular flexibility index (Phi) is 3.07. The summed E-state index contributed by atoms with van der Waals surface area (Å²) in [5.74, 6) is 0.705. The first-order valence-corrected chi connectivity index (χ1v) is 6.71. The quantitative estimate of drug-likeness (QED) is 0.825. The Morgan fingerprint density at radius 1 is 1.65 bits per heavy atom. The molecule has 0 unspecified atom stereocenters.